The normalized spacial score (nSPS) is 32.3. The van der Waals surface area contributed by atoms with Gasteiger partial charge in [0.15, 0.2) is 0 Å². The lowest BCUT2D eigenvalue weighted by Crippen LogP contribution is -2.23. The van der Waals surface area contributed by atoms with Gasteiger partial charge >= 0.3 is 0 Å². The summed E-state index contributed by atoms with van der Waals surface area (Å²) in [4.78, 5) is 0. The van der Waals surface area contributed by atoms with Crippen molar-refractivity contribution in [2.75, 3.05) is 6.61 Å². The maximum absolute atomic E-state index is 5.50. The Hall–Kier alpha value is -0.720. The highest BCUT2D eigenvalue weighted by Gasteiger charge is 2.24. The first-order valence-corrected chi connectivity index (χ1v) is 5.57. The molecule has 3 atom stereocenters. The fraction of sp³-hybridized carbons (Fsp3) is 0.692. The van der Waals surface area contributed by atoms with Crippen LogP contribution in [0, 0.1) is 17.8 Å². The summed E-state index contributed by atoms with van der Waals surface area (Å²) < 4.78 is 5.50. The first-order valence-electron chi connectivity index (χ1n) is 5.57. The molecule has 2 unspecified atom stereocenters. The molecule has 0 aromatic heterocycles. The topological polar surface area (TPSA) is 9.23 Å². The highest BCUT2D eigenvalue weighted by molar-refractivity contribution is 5.01. The van der Waals surface area contributed by atoms with Crippen molar-refractivity contribution in [3.8, 4) is 0 Å². The van der Waals surface area contributed by atoms with E-state index in [1.54, 1.807) is 6.08 Å². The average Bonchev–Trinajstić information content (AvgIpc) is 2.19. The third-order valence-corrected chi connectivity index (χ3v) is 3.44. The SMILES string of the molecule is C=CC(=C)OCC1CC[C@H](C)C(C)C1. The molecule has 0 heterocycles. The van der Waals surface area contributed by atoms with Crippen LogP contribution < -0.4 is 0 Å². The molecule has 0 radical (unpaired) electrons. The van der Waals surface area contributed by atoms with Gasteiger partial charge in [0.25, 0.3) is 0 Å². The lowest BCUT2D eigenvalue weighted by molar-refractivity contribution is 0.113. The monoisotopic (exact) mass is 194 g/mol. The highest BCUT2D eigenvalue weighted by atomic mass is 16.5. The Labute approximate surface area is 87.8 Å². The number of hydrogen-bond acceptors (Lipinski definition) is 1. The predicted molar refractivity (Wildman–Crippen MR) is 61.0 cm³/mol. The Bertz CT molecular complexity index is 207. The summed E-state index contributed by atoms with van der Waals surface area (Å²) in [6, 6.07) is 0. The van der Waals surface area contributed by atoms with Crippen LogP contribution in [-0.2, 0) is 4.74 Å². The number of rotatable bonds is 4. The Kier molecular flexibility index (Phi) is 4.24. The lowest BCUT2D eigenvalue weighted by Gasteiger charge is -2.31. The van der Waals surface area contributed by atoms with E-state index in [9.17, 15) is 0 Å². The number of allylic oxidation sites excluding steroid dienone is 1. The standard InChI is InChI=1S/C13H22O/c1-5-12(4)14-9-13-7-6-10(2)11(3)8-13/h5,10-11,13H,1,4,6-9H2,2-3H3/t10-,11?,13?/m0/s1. The molecule has 1 rings (SSSR count). The zero-order valence-electron chi connectivity index (χ0n) is 9.46. The van der Waals surface area contributed by atoms with Crippen LogP contribution in [0.5, 0.6) is 0 Å². The minimum atomic E-state index is 0.705. The van der Waals surface area contributed by atoms with Gasteiger partial charge in [0.1, 0.15) is 5.76 Å². The minimum absolute atomic E-state index is 0.705. The predicted octanol–water partition coefficient (Wildman–Crippen LogP) is 3.78. The van der Waals surface area contributed by atoms with Gasteiger partial charge in [0.2, 0.25) is 0 Å². The molecule has 1 fully saturated rings. The first-order chi connectivity index (χ1) is 6.63. The number of hydrogen-bond donors (Lipinski definition) is 0. The van der Waals surface area contributed by atoms with Crippen molar-refractivity contribution in [1.82, 2.24) is 0 Å². The molecular formula is C13H22O. The van der Waals surface area contributed by atoms with Crippen LogP contribution in [0.4, 0.5) is 0 Å². The fourth-order valence-electron chi connectivity index (χ4n) is 2.09. The molecule has 0 aliphatic heterocycles. The molecule has 0 aromatic rings. The van der Waals surface area contributed by atoms with Crippen molar-refractivity contribution in [3.63, 3.8) is 0 Å². The maximum Gasteiger partial charge on any atom is 0.111 e. The first kappa shape index (κ1) is 11.4. The van der Waals surface area contributed by atoms with E-state index in [1.165, 1.54) is 19.3 Å². The molecule has 0 bridgehead atoms. The van der Waals surface area contributed by atoms with E-state index >= 15 is 0 Å². The number of ether oxygens (including phenoxy) is 1. The van der Waals surface area contributed by atoms with Crippen molar-refractivity contribution in [2.45, 2.75) is 33.1 Å². The Morgan fingerprint density at radius 3 is 2.64 bits per heavy atom. The molecule has 0 N–H and O–H groups in total. The van der Waals surface area contributed by atoms with Crippen molar-refractivity contribution in [3.05, 3.63) is 25.0 Å². The van der Waals surface area contributed by atoms with E-state index in [1.807, 2.05) is 0 Å². The third-order valence-electron chi connectivity index (χ3n) is 3.44. The van der Waals surface area contributed by atoms with Crippen molar-refractivity contribution in [1.29, 1.82) is 0 Å². The van der Waals surface area contributed by atoms with Gasteiger partial charge in [-0.05, 0) is 36.7 Å². The molecule has 1 nitrogen and oxygen atoms in total. The summed E-state index contributed by atoms with van der Waals surface area (Å²) in [5, 5.41) is 0. The quantitative estimate of drug-likeness (QED) is 0.489. The van der Waals surface area contributed by atoms with E-state index < -0.39 is 0 Å². The fourth-order valence-corrected chi connectivity index (χ4v) is 2.09. The molecule has 0 spiro atoms. The van der Waals surface area contributed by atoms with Crippen molar-refractivity contribution in [2.24, 2.45) is 17.8 Å². The van der Waals surface area contributed by atoms with Crippen LogP contribution in [0.15, 0.2) is 25.0 Å². The summed E-state index contributed by atoms with van der Waals surface area (Å²) in [5.74, 6) is 3.15. The second-order valence-corrected chi connectivity index (χ2v) is 4.62. The minimum Gasteiger partial charge on any atom is -0.494 e. The summed E-state index contributed by atoms with van der Waals surface area (Å²) in [6.45, 7) is 12.9. The van der Waals surface area contributed by atoms with Gasteiger partial charge in [-0.25, -0.2) is 0 Å². The Balaban J connectivity index is 2.26. The molecule has 80 valence electrons. The lowest BCUT2D eigenvalue weighted by atomic mass is 9.76. The smallest absolute Gasteiger partial charge is 0.111 e. The molecule has 0 aromatic carbocycles. The van der Waals surface area contributed by atoms with Crippen LogP contribution >= 0.6 is 0 Å². The van der Waals surface area contributed by atoms with Gasteiger partial charge in [-0.15, -0.1) is 0 Å². The Morgan fingerprint density at radius 1 is 1.36 bits per heavy atom. The van der Waals surface area contributed by atoms with Gasteiger partial charge in [0, 0.05) is 0 Å². The summed E-state index contributed by atoms with van der Waals surface area (Å²) >= 11 is 0. The van der Waals surface area contributed by atoms with Crippen molar-refractivity contribution < 1.29 is 4.74 Å². The largest absolute Gasteiger partial charge is 0.494 e. The molecule has 14 heavy (non-hydrogen) atoms. The van der Waals surface area contributed by atoms with Crippen LogP contribution in [0.2, 0.25) is 0 Å². The molecular weight excluding hydrogens is 172 g/mol. The van der Waals surface area contributed by atoms with E-state index in [2.05, 4.69) is 27.0 Å². The molecule has 0 amide bonds. The van der Waals surface area contributed by atoms with Crippen LogP contribution in [0.25, 0.3) is 0 Å². The van der Waals surface area contributed by atoms with Crippen LogP contribution in [0.1, 0.15) is 33.1 Å². The van der Waals surface area contributed by atoms with Crippen molar-refractivity contribution >= 4 is 0 Å². The summed E-state index contributed by atoms with van der Waals surface area (Å²) in [5.41, 5.74) is 0. The molecule has 1 aliphatic carbocycles. The van der Waals surface area contributed by atoms with E-state index in [-0.39, 0.29) is 0 Å². The summed E-state index contributed by atoms with van der Waals surface area (Å²) in [7, 11) is 0. The third kappa shape index (κ3) is 3.21. The molecule has 0 saturated heterocycles. The maximum atomic E-state index is 5.50. The van der Waals surface area contributed by atoms with Gasteiger partial charge in [0.05, 0.1) is 6.61 Å². The highest BCUT2D eigenvalue weighted by Crippen LogP contribution is 2.33. The van der Waals surface area contributed by atoms with Gasteiger partial charge in [-0.2, -0.15) is 0 Å². The van der Waals surface area contributed by atoms with Crippen LogP contribution in [0.3, 0.4) is 0 Å². The van der Waals surface area contributed by atoms with Gasteiger partial charge < -0.3 is 4.74 Å². The van der Waals surface area contributed by atoms with E-state index in [4.69, 9.17) is 4.74 Å². The second-order valence-electron chi connectivity index (χ2n) is 4.62. The van der Waals surface area contributed by atoms with Gasteiger partial charge in [-0.3, -0.25) is 0 Å². The second kappa shape index (κ2) is 5.23. The molecule has 1 saturated carbocycles. The van der Waals surface area contributed by atoms with Gasteiger partial charge in [-0.1, -0.05) is 33.4 Å². The zero-order valence-corrected chi connectivity index (χ0v) is 9.46. The average molecular weight is 194 g/mol. The molecule has 1 heteroatoms. The summed E-state index contributed by atoms with van der Waals surface area (Å²) in [6.07, 6.45) is 5.62. The molecule has 1 aliphatic rings. The zero-order chi connectivity index (χ0) is 10.6. The van der Waals surface area contributed by atoms with E-state index in [0.717, 1.165) is 24.4 Å². The van der Waals surface area contributed by atoms with E-state index in [0.29, 0.717) is 5.76 Å². The van der Waals surface area contributed by atoms with Crippen LogP contribution in [-0.4, -0.2) is 6.61 Å². The Morgan fingerprint density at radius 2 is 2.07 bits per heavy atom.